The van der Waals surface area contributed by atoms with E-state index in [1.165, 1.54) is 4.57 Å². The molecule has 0 unspecified atom stereocenters. The van der Waals surface area contributed by atoms with E-state index in [0.29, 0.717) is 0 Å². The molecular weight excluding hydrogens is 284 g/mol. The van der Waals surface area contributed by atoms with Gasteiger partial charge in [0.25, 0.3) is 0 Å². The lowest BCUT2D eigenvalue weighted by Gasteiger charge is -2.19. The van der Waals surface area contributed by atoms with Gasteiger partial charge in [-0.2, -0.15) is 0 Å². The second-order valence-corrected chi connectivity index (χ2v) is 5.45. The van der Waals surface area contributed by atoms with Crippen molar-refractivity contribution >= 4 is 32.9 Å². The van der Waals surface area contributed by atoms with Crippen LogP contribution >= 0.6 is 15.9 Å². The molecule has 0 saturated carbocycles. The average Bonchev–Trinajstić information content (AvgIpc) is 2.60. The first kappa shape index (κ1) is 12.1. The van der Waals surface area contributed by atoms with Crippen molar-refractivity contribution in [2.24, 2.45) is 0 Å². The number of hydrogen-bond donors (Lipinski definition) is 0. The normalized spacial score (nSPS) is 11.8. The molecule has 0 radical (unpaired) electrons. The molecule has 0 atom stereocenters. The molecule has 0 bridgehead atoms. The van der Waals surface area contributed by atoms with Crippen LogP contribution in [0, 0.1) is 0 Å². The molecule has 5 heteroatoms. The first-order valence-corrected chi connectivity index (χ1v) is 6.03. The highest BCUT2D eigenvalue weighted by Gasteiger charge is 2.19. The average molecular weight is 297 g/mol. The third-order valence-corrected chi connectivity index (χ3v) is 2.79. The SMILES string of the molecule is CC(C)(C)OC(=O)n1ccc2c(Br)nccc21. The van der Waals surface area contributed by atoms with Crippen molar-refractivity contribution < 1.29 is 9.53 Å². The summed E-state index contributed by atoms with van der Waals surface area (Å²) in [6, 6.07) is 3.61. The van der Waals surface area contributed by atoms with Gasteiger partial charge in [-0.25, -0.2) is 9.78 Å². The fraction of sp³-hybridized carbons (Fsp3) is 0.333. The Kier molecular flexibility index (Phi) is 2.95. The summed E-state index contributed by atoms with van der Waals surface area (Å²) in [6.45, 7) is 5.52. The van der Waals surface area contributed by atoms with Crippen LogP contribution in [0.2, 0.25) is 0 Å². The minimum absolute atomic E-state index is 0.384. The van der Waals surface area contributed by atoms with Crippen LogP contribution in [-0.2, 0) is 4.74 Å². The minimum atomic E-state index is -0.502. The Morgan fingerprint density at radius 2 is 2.12 bits per heavy atom. The highest BCUT2D eigenvalue weighted by atomic mass is 79.9. The van der Waals surface area contributed by atoms with Gasteiger partial charge in [0.2, 0.25) is 0 Å². The lowest BCUT2D eigenvalue weighted by Crippen LogP contribution is -2.26. The lowest BCUT2D eigenvalue weighted by molar-refractivity contribution is 0.0544. The highest BCUT2D eigenvalue weighted by molar-refractivity contribution is 9.10. The molecule has 2 aromatic heterocycles. The maximum Gasteiger partial charge on any atom is 0.418 e. The quantitative estimate of drug-likeness (QED) is 0.698. The van der Waals surface area contributed by atoms with E-state index in [1.54, 1.807) is 18.5 Å². The molecule has 17 heavy (non-hydrogen) atoms. The molecule has 0 aliphatic heterocycles. The van der Waals surface area contributed by atoms with E-state index < -0.39 is 5.60 Å². The predicted octanol–water partition coefficient (Wildman–Crippen LogP) is 3.58. The summed E-state index contributed by atoms with van der Waals surface area (Å²) < 4.78 is 7.52. The van der Waals surface area contributed by atoms with Gasteiger partial charge in [-0.1, -0.05) is 0 Å². The summed E-state index contributed by atoms with van der Waals surface area (Å²) in [7, 11) is 0. The van der Waals surface area contributed by atoms with Crippen LogP contribution in [0.25, 0.3) is 10.9 Å². The van der Waals surface area contributed by atoms with E-state index in [9.17, 15) is 4.79 Å². The van der Waals surface area contributed by atoms with Crippen molar-refractivity contribution in [1.82, 2.24) is 9.55 Å². The fourth-order valence-electron chi connectivity index (χ4n) is 1.50. The van der Waals surface area contributed by atoms with Crippen LogP contribution in [0.4, 0.5) is 4.79 Å². The topological polar surface area (TPSA) is 44.1 Å². The smallest absolute Gasteiger partial charge is 0.418 e. The second-order valence-electron chi connectivity index (χ2n) is 4.70. The lowest BCUT2D eigenvalue weighted by atomic mass is 10.2. The largest absolute Gasteiger partial charge is 0.443 e. The number of carbonyl (C=O) groups is 1. The Morgan fingerprint density at radius 3 is 2.76 bits per heavy atom. The van der Waals surface area contributed by atoms with Crippen LogP contribution < -0.4 is 0 Å². The summed E-state index contributed by atoms with van der Waals surface area (Å²) in [6.07, 6.45) is 2.95. The second kappa shape index (κ2) is 4.14. The van der Waals surface area contributed by atoms with Gasteiger partial charge in [0.05, 0.1) is 5.52 Å². The molecule has 0 saturated heterocycles. The molecule has 2 aromatic rings. The van der Waals surface area contributed by atoms with Gasteiger partial charge >= 0.3 is 6.09 Å². The standard InChI is InChI=1S/C12H13BrN2O2/c1-12(2,3)17-11(16)15-7-5-8-9(15)4-6-14-10(8)13/h4-7H,1-3H3. The molecule has 0 N–H and O–H groups in total. The molecule has 4 nitrogen and oxygen atoms in total. The number of nitrogens with zero attached hydrogens (tertiary/aromatic N) is 2. The molecule has 0 aromatic carbocycles. The van der Waals surface area contributed by atoms with Gasteiger partial charge < -0.3 is 4.74 Å². The first-order chi connectivity index (χ1) is 7.88. The molecule has 0 spiro atoms. The third kappa shape index (κ3) is 2.49. The molecule has 2 heterocycles. The molecule has 0 aliphatic carbocycles. The summed E-state index contributed by atoms with van der Waals surface area (Å²) in [5.41, 5.74) is 0.277. The Bertz CT molecular complexity index is 569. The van der Waals surface area contributed by atoms with Gasteiger partial charge in [0.15, 0.2) is 0 Å². The van der Waals surface area contributed by atoms with Gasteiger partial charge in [0, 0.05) is 17.8 Å². The van der Waals surface area contributed by atoms with Crippen molar-refractivity contribution in [3.8, 4) is 0 Å². The van der Waals surface area contributed by atoms with Crippen molar-refractivity contribution in [3.05, 3.63) is 29.1 Å². The first-order valence-electron chi connectivity index (χ1n) is 5.23. The van der Waals surface area contributed by atoms with E-state index in [4.69, 9.17) is 4.74 Å². The molecule has 2 rings (SSSR count). The number of rotatable bonds is 0. The number of pyridine rings is 1. The van der Waals surface area contributed by atoms with Crippen LogP contribution in [0.5, 0.6) is 0 Å². The minimum Gasteiger partial charge on any atom is -0.443 e. The summed E-state index contributed by atoms with van der Waals surface area (Å²) in [5.74, 6) is 0. The van der Waals surface area contributed by atoms with Gasteiger partial charge in [-0.3, -0.25) is 4.57 Å². The fourth-order valence-corrected chi connectivity index (χ4v) is 1.96. The van der Waals surface area contributed by atoms with Crippen molar-refractivity contribution in [2.75, 3.05) is 0 Å². The predicted molar refractivity (Wildman–Crippen MR) is 69.1 cm³/mol. The molecule has 0 fully saturated rings. The number of hydrogen-bond acceptors (Lipinski definition) is 3. The number of ether oxygens (including phenoxy) is 1. The van der Waals surface area contributed by atoms with E-state index >= 15 is 0 Å². The van der Waals surface area contributed by atoms with Crippen molar-refractivity contribution in [1.29, 1.82) is 0 Å². The van der Waals surface area contributed by atoms with Crippen LogP contribution in [0.1, 0.15) is 20.8 Å². The monoisotopic (exact) mass is 296 g/mol. The maximum absolute atomic E-state index is 12.0. The molecular formula is C12H13BrN2O2. The van der Waals surface area contributed by atoms with Crippen LogP contribution in [0.15, 0.2) is 29.1 Å². The molecule has 0 aliphatic rings. The number of aromatic nitrogens is 2. The third-order valence-electron chi connectivity index (χ3n) is 2.16. The Balaban J connectivity index is 2.43. The zero-order chi connectivity index (χ0) is 12.6. The van der Waals surface area contributed by atoms with Crippen molar-refractivity contribution in [2.45, 2.75) is 26.4 Å². The molecule has 0 amide bonds. The summed E-state index contributed by atoms with van der Waals surface area (Å²) >= 11 is 3.34. The maximum atomic E-state index is 12.0. The van der Waals surface area contributed by atoms with E-state index in [2.05, 4.69) is 20.9 Å². The Hall–Kier alpha value is -1.36. The van der Waals surface area contributed by atoms with Crippen molar-refractivity contribution in [3.63, 3.8) is 0 Å². The number of halogens is 1. The van der Waals surface area contributed by atoms with Crippen LogP contribution in [0.3, 0.4) is 0 Å². The highest BCUT2D eigenvalue weighted by Crippen LogP contribution is 2.23. The van der Waals surface area contributed by atoms with E-state index in [-0.39, 0.29) is 6.09 Å². The van der Waals surface area contributed by atoms with E-state index in [1.807, 2.05) is 26.8 Å². The van der Waals surface area contributed by atoms with Gasteiger partial charge in [-0.15, -0.1) is 0 Å². The van der Waals surface area contributed by atoms with Crippen LogP contribution in [-0.4, -0.2) is 21.2 Å². The molecule has 90 valence electrons. The summed E-state index contributed by atoms with van der Waals surface area (Å²) in [5, 5.41) is 0.887. The van der Waals surface area contributed by atoms with E-state index in [0.717, 1.165) is 15.5 Å². The summed E-state index contributed by atoms with van der Waals surface area (Å²) in [4.78, 5) is 16.1. The number of fused-ring (bicyclic) bond motifs is 1. The zero-order valence-electron chi connectivity index (χ0n) is 9.90. The zero-order valence-corrected chi connectivity index (χ0v) is 11.5. The number of carbonyl (C=O) groups excluding carboxylic acids is 1. The van der Waals surface area contributed by atoms with Gasteiger partial charge in [0.1, 0.15) is 10.2 Å². The Morgan fingerprint density at radius 1 is 1.41 bits per heavy atom. The van der Waals surface area contributed by atoms with Gasteiger partial charge in [-0.05, 0) is 48.8 Å². The Labute approximate surface area is 108 Å².